The smallest absolute Gasteiger partial charge is 0.317 e. The van der Waals surface area contributed by atoms with Crippen molar-refractivity contribution in [2.24, 2.45) is 0 Å². The largest absolute Gasteiger partial charge is 0.382 e. The van der Waals surface area contributed by atoms with E-state index < -0.39 is 4.92 Å². The van der Waals surface area contributed by atoms with Crippen molar-refractivity contribution in [1.82, 2.24) is 9.78 Å². The Morgan fingerprint density at radius 1 is 1.53 bits per heavy atom. The molecule has 0 radical (unpaired) electrons. The van der Waals surface area contributed by atoms with E-state index in [1.54, 1.807) is 37.6 Å². The lowest BCUT2D eigenvalue weighted by Crippen LogP contribution is -2.03. The number of nitro benzene ring substituents is 1. The molecule has 1 aromatic heterocycles. The lowest BCUT2D eigenvalue weighted by molar-refractivity contribution is -0.383. The minimum Gasteiger partial charge on any atom is -0.382 e. The Morgan fingerprint density at radius 3 is 2.82 bits per heavy atom. The third-order valence-corrected chi connectivity index (χ3v) is 2.82. The van der Waals surface area contributed by atoms with Gasteiger partial charge in [0.05, 0.1) is 14.7 Å². The molecule has 0 amide bonds. The summed E-state index contributed by atoms with van der Waals surface area (Å²) in [6.45, 7) is 0. The van der Waals surface area contributed by atoms with Gasteiger partial charge in [0.25, 0.3) is 0 Å². The summed E-state index contributed by atoms with van der Waals surface area (Å²) in [4.78, 5) is 10.7. The molecule has 0 bridgehead atoms. The lowest BCUT2D eigenvalue weighted by Gasteiger charge is -2.06. The van der Waals surface area contributed by atoms with Crippen LogP contribution < -0.4 is 5.32 Å². The molecule has 0 spiro atoms. The van der Waals surface area contributed by atoms with Crippen LogP contribution in [0.3, 0.4) is 0 Å². The molecule has 7 heteroatoms. The van der Waals surface area contributed by atoms with Gasteiger partial charge in [0, 0.05) is 13.2 Å². The molecule has 6 nitrogen and oxygen atoms in total. The minimum absolute atomic E-state index is 0.0227. The van der Waals surface area contributed by atoms with Crippen LogP contribution in [-0.4, -0.2) is 21.8 Å². The number of nitrogens with one attached hydrogen (secondary N) is 1. The predicted octanol–water partition coefficient (Wildman–Crippen LogP) is 2.43. The van der Waals surface area contributed by atoms with E-state index in [4.69, 9.17) is 0 Å². The fourth-order valence-corrected chi connectivity index (χ4v) is 1.93. The van der Waals surface area contributed by atoms with Crippen molar-refractivity contribution in [3.63, 3.8) is 0 Å². The molecule has 0 aliphatic carbocycles. The van der Waals surface area contributed by atoms with Crippen LogP contribution in [0.15, 0.2) is 30.6 Å². The van der Waals surface area contributed by atoms with Crippen molar-refractivity contribution in [3.05, 3.63) is 44.3 Å². The quantitative estimate of drug-likeness (QED) is 0.527. The molecular formula is C10H9IN4O2. The minimum atomic E-state index is -0.407. The number of para-hydroxylation sites is 1. The molecular weight excluding hydrogens is 335 g/mol. The maximum absolute atomic E-state index is 11.1. The van der Waals surface area contributed by atoms with Gasteiger partial charge in [-0.25, -0.2) is 4.68 Å². The number of nitro groups is 1. The highest BCUT2D eigenvalue weighted by atomic mass is 127. The molecule has 1 heterocycles. The average molecular weight is 344 g/mol. The van der Waals surface area contributed by atoms with Gasteiger partial charge in [0.1, 0.15) is 11.4 Å². The first kappa shape index (κ1) is 11.8. The van der Waals surface area contributed by atoms with Gasteiger partial charge in [-0.3, -0.25) is 10.1 Å². The Bertz CT molecular complexity index is 567. The van der Waals surface area contributed by atoms with Crippen molar-refractivity contribution in [2.45, 2.75) is 0 Å². The molecule has 1 N–H and O–H groups in total. The zero-order valence-corrected chi connectivity index (χ0v) is 11.1. The number of nitrogens with zero attached hydrogens (tertiary/aromatic N) is 3. The van der Waals surface area contributed by atoms with Gasteiger partial charge >= 0.3 is 5.69 Å². The van der Waals surface area contributed by atoms with Gasteiger partial charge < -0.3 is 5.32 Å². The van der Waals surface area contributed by atoms with Gasteiger partial charge in [-0.05, 0) is 34.7 Å². The third kappa shape index (κ3) is 2.23. The monoisotopic (exact) mass is 344 g/mol. The molecule has 2 aromatic rings. The number of rotatable bonds is 3. The molecule has 88 valence electrons. The summed E-state index contributed by atoms with van der Waals surface area (Å²) in [5.41, 5.74) is 0.942. The molecule has 17 heavy (non-hydrogen) atoms. The Labute approximate surface area is 111 Å². The predicted molar refractivity (Wildman–Crippen MR) is 72.5 cm³/mol. The molecule has 0 atom stereocenters. The number of halogens is 1. The topological polar surface area (TPSA) is 73.0 Å². The second-order valence-electron chi connectivity index (χ2n) is 3.28. The maximum atomic E-state index is 11.1. The van der Waals surface area contributed by atoms with Crippen LogP contribution in [0.4, 0.5) is 11.4 Å². The fourth-order valence-electron chi connectivity index (χ4n) is 1.54. The van der Waals surface area contributed by atoms with Crippen LogP contribution in [0.2, 0.25) is 0 Å². The second-order valence-corrected chi connectivity index (χ2v) is 4.53. The summed E-state index contributed by atoms with van der Waals surface area (Å²) < 4.78 is 2.42. The molecule has 0 fully saturated rings. The molecule has 0 unspecified atom stereocenters. The Hall–Kier alpha value is -1.64. The summed E-state index contributed by atoms with van der Waals surface area (Å²) >= 11 is 2.11. The first-order chi connectivity index (χ1) is 8.13. The summed E-state index contributed by atoms with van der Waals surface area (Å²) in [6.07, 6.45) is 3.39. The average Bonchev–Trinajstić information content (AvgIpc) is 2.74. The highest BCUT2D eigenvalue weighted by molar-refractivity contribution is 14.1. The number of anilines is 1. The van der Waals surface area contributed by atoms with Crippen LogP contribution in [0, 0.1) is 13.7 Å². The van der Waals surface area contributed by atoms with Crippen LogP contribution in [0.5, 0.6) is 0 Å². The van der Waals surface area contributed by atoms with Crippen LogP contribution in [-0.2, 0) is 0 Å². The van der Waals surface area contributed by atoms with Gasteiger partial charge in [0.2, 0.25) is 0 Å². The van der Waals surface area contributed by atoms with Crippen LogP contribution in [0.25, 0.3) is 5.69 Å². The standard InChI is InChI=1S/C10H9IN4O2/c1-12-8-3-2-4-9(10(8)15(16)17)14-6-7(11)5-13-14/h2-6,12H,1H3. The summed E-state index contributed by atoms with van der Waals surface area (Å²) in [6, 6.07) is 5.08. The van der Waals surface area contributed by atoms with E-state index in [0.29, 0.717) is 11.4 Å². The Balaban J connectivity index is 2.65. The Kier molecular flexibility index (Phi) is 3.27. The van der Waals surface area contributed by atoms with Crippen molar-refractivity contribution in [2.75, 3.05) is 12.4 Å². The van der Waals surface area contributed by atoms with Crippen molar-refractivity contribution >= 4 is 34.0 Å². The number of benzene rings is 1. The molecule has 1 aromatic carbocycles. The maximum Gasteiger partial charge on any atom is 0.317 e. The van der Waals surface area contributed by atoms with Gasteiger partial charge in [-0.15, -0.1) is 0 Å². The summed E-state index contributed by atoms with van der Waals surface area (Å²) in [5.74, 6) is 0. The van der Waals surface area contributed by atoms with E-state index in [9.17, 15) is 10.1 Å². The number of aromatic nitrogens is 2. The third-order valence-electron chi connectivity index (χ3n) is 2.26. The van der Waals surface area contributed by atoms with Gasteiger partial charge in [-0.1, -0.05) is 6.07 Å². The Morgan fingerprint density at radius 2 is 2.29 bits per heavy atom. The van der Waals surface area contributed by atoms with Crippen molar-refractivity contribution < 1.29 is 4.92 Å². The molecule has 2 rings (SSSR count). The van der Waals surface area contributed by atoms with Crippen LogP contribution in [0.1, 0.15) is 0 Å². The molecule has 0 aliphatic heterocycles. The zero-order chi connectivity index (χ0) is 12.4. The van der Waals surface area contributed by atoms with E-state index in [2.05, 4.69) is 33.0 Å². The normalized spacial score (nSPS) is 10.2. The highest BCUT2D eigenvalue weighted by Crippen LogP contribution is 2.30. The summed E-state index contributed by atoms with van der Waals surface area (Å²) in [5, 5.41) is 18.0. The van der Waals surface area contributed by atoms with Crippen LogP contribution >= 0.6 is 22.6 Å². The van der Waals surface area contributed by atoms with E-state index in [1.165, 1.54) is 4.68 Å². The first-order valence-corrected chi connectivity index (χ1v) is 5.87. The van der Waals surface area contributed by atoms with Gasteiger partial charge in [-0.2, -0.15) is 5.10 Å². The van der Waals surface area contributed by atoms with E-state index >= 15 is 0 Å². The highest BCUT2D eigenvalue weighted by Gasteiger charge is 2.20. The van der Waals surface area contributed by atoms with E-state index in [-0.39, 0.29) is 5.69 Å². The van der Waals surface area contributed by atoms with Crippen molar-refractivity contribution in [3.8, 4) is 5.69 Å². The lowest BCUT2D eigenvalue weighted by atomic mass is 10.2. The molecule has 0 aliphatic rings. The summed E-state index contributed by atoms with van der Waals surface area (Å²) in [7, 11) is 1.65. The van der Waals surface area contributed by atoms with E-state index in [1.807, 2.05) is 0 Å². The first-order valence-electron chi connectivity index (χ1n) is 4.79. The zero-order valence-electron chi connectivity index (χ0n) is 8.92. The fraction of sp³-hybridized carbons (Fsp3) is 0.100. The number of hydrogen-bond donors (Lipinski definition) is 1. The SMILES string of the molecule is CNc1cccc(-n2cc(I)cn2)c1[N+](=O)[O-]. The van der Waals surface area contributed by atoms with Gasteiger partial charge in [0.15, 0.2) is 0 Å². The van der Waals surface area contributed by atoms with Crippen molar-refractivity contribution in [1.29, 1.82) is 0 Å². The van der Waals surface area contributed by atoms with E-state index in [0.717, 1.165) is 3.57 Å². The second kappa shape index (κ2) is 4.70. The molecule has 0 saturated heterocycles. The molecule has 0 saturated carbocycles. The number of hydrogen-bond acceptors (Lipinski definition) is 4.